The standard InChI is InChI=1S/C12H18O2/c1-3-4-5-6-7-11-8-10(2)14-12(11)9-13/h8-9H,3-7H2,1-2H3. The Kier molecular flexibility index (Phi) is 4.44. The molecule has 0 fully saturated rings. The van der Waals surface area contributed by atoms with E-state index in [0.717, 1.165) is 30.5 Å². The van der Waals surface area contributed by atoms with E-state index in [1.807, 2.05) is 13.0 Å². The minimum absolute atomic E-state index is 0.513. The Hall–Kier alpha value is -1.05. The molecule has 0 saturated heterocycles. The number of hydrogen-bond donors (Lipinski definition) is 0. The van der Waals surface area contributed by atoms with Gasteiger partial charge in [0.25, 0.3) is 0 Å². The Morgan fingerprint density at radius 1 is 1.36 bits per heavy atom. The van der Waals surface area contributed by atoms with Gasteiger partial charge in [-0.2, -0.15) is 0 Å². The van der Waals surface area contributed by atoms with Crippen LogP contribution in [0.15, 0.2) is 10.5 Å². The maximum absolute atomic E-state index is 10.6. The fourth-order valence-electron chi connectivity index (χ4n) is 1.62. The molecule has 0 atom stereocenters. The highest BCUT2D eigenvalue weighted by molar-refractivity contribution is 5.73. The van der Waals surface area contributed by atoms with E-state index >= 15 is 0 Å². The second-order valence-corrected chi connectivity index (χ2v) is 3.68. The first-order valence-electron chi connectivity index (χ1n) is 5.32. The van der Waals surface area contributed by atoms with Crippen LogP contribution in [-0.2, 0) is 6.42 Å². The normalized spacial score (nSPS) is 10.4. The number of rotatable bonds is 6. The van der Waals surface area contributed by atoms with Gasteiger partial charge in [-0.15, -0.1) is 0 Å². The van der Waals surface area contributed by atoms with Crippen LogP contribution in [0.3, 0.4) is 0 Å². The highest BCUT2D eigenvalue weighted by Gasteiger charge is 2.06. The van der Waals surface area contributed by atoms with Gasteiger partial charge in [-0.05, 0) is 25.8 Å². The molecule has 2 heteroatoms. The first-order valence-corrected chi connectivity index (χ1v) is 5.32. The van der Waals surface area contributed by atoms with Crippen molar-refractivity contribution in [3.8, 4) is 0 Å². The molecule has 78 valence electrons. The summed E-state index contributed by atoms with van der Waals surface area (Å²) in [6.07, 6.45) is 6.67. The average molecular weight is 194 g/mol. The Bertz CT molecular complexity index is 287. The Labute approximate surface area is 85.3 Å². The van der Waals surface area contributed by atoms with Gasteiger partial charge in [0.1, 0.15) is 5.76 Å². The van der Waals surface area contributed by atoms with Gasteiger partial charge in [0.05, 0.1) is 0 Å². The molecule has 0 aliphatic carbocycles. The third kappa shape index (κ3) is 3.02. The summed E-state index contributed by atoms with van der Waals surface area (Å²) in [4.78, 5) is 10.6. The second kappa shape index (κ2) is 5.63. The molecule has 0 spiro atoms. The lowest BCUT2D eigenvalue weighted by Crippen LogP contribution is -1.88. The molecule has 0 saturated carbocycles. The number of unbranched alkanes of at least 4 members (excludes halogenated alkanes) is 3. The van der Waals surface area contributed by atoms with E-state index in [9.17, 15) is 4.79 Å². The van der Waals surface area contributed by atoms with Gasteiger partial charge in [-0.25, -0.2) is 0 Å². The summed E-state index contributed by atoms with van der Waals surface area (Å²) >= 11 is 0. The van der Waals surface area contributed by atoms with Crippen molar-refractivity contribution in [3.05, 3.63) is 23.2 Å². The Balaban J connectivity index is 2.44. The van der Waals surface area contributed by atoms with E-state index < -0.39 is 0 Å². The van der Waals surface area contributed by atoms with Gasteiger partial charge < -0.3 is 4.42 Å². The molecular weight excluding hydrogens is 176 g/mol. The molecule has 0 aromatic carbocycles. The highest BCUT2D eigenvalue weighted by Crippen LogP contribution is 2.16. The lowest BCUT2D eigenvalue weighted by molar-refractivity contribution is 0.109. The molecule has 0 N–H and O–H groups in total. The van der Waals surface area contributed by atoms with E-state index in [1.165, 1.54) is 19.3 Å². The summed E-state index contributed by atoms with van der Waals surface area (Å²) in [6.45, 7) is 4.07. The molecule has 0 amide bonds. The zero-order valence-electron chi connectivity index (χ0n) is 9.01. The van der Waals surface area contributed by atoms with E-state index in [1.54, 1.807) is 0 Å². The van der Waals surface area contributed by atoms with E-state index in [2.05, 4.69) is 6.92 Å². The molecule has 14 heavy (non-hydrogen) atoms. The van der Waals surface area contributed by atoms with Crippen molar-refractivity contribution >= 4 is 6.29 Å². The molecule has 0 aliphatic heterocycles. The summed E-state index contributed by atoms with van der Waals surface area (Å²) in [6, 6.07) is 1.97. The fraction of sp³-hybridized carbons (Fsp3) is 0.583. The molecule has 0 radical (unpaired) electrons. The zero-order valence-corrected chi connectivity index (χ0v) is 9.01. The van der Waals surface area contributed by atoms with Crippen molar-refractivity contribution in [1.82, 2.24) is 0 Å². The molecule has 1 aromatic heterocycles. The topological polar surface area (TPSA) is 30.2 Å². The van der Waals surface area contributed by atoms with Gasteiger partial charge in [-0.3, -0.25) is 4.79 Å². The number of aryl methyl sites for hydroxylation is 2. The van der Waals surface area contributed by atoms with Gasteiger partial charge in [0.2, 0.25) is 0 Å². The number of aldehydes is 1. The molecule has 1 rings (SSSR count). The molecule has 0 unspecified atom stereocenters. The second-order valence-electron chi connectivity index (χ2n) is 3.68. The highest BCUT2D eigenvalue weighted by atomic mass is 16.3. The van der Waals surface area contributed by atoms with Crippen LogP contribution in [0.25, 0.3) is 0 Å². The van der Waals surface area contributed by atoms with Crippen molar-refractivity contribution in [2.24, 2.45) is 0 Å². The van der Waals surface area contributed by atoms with E-state index in [-0.39, 0.29) is 0 Å². The maximum atomic E-state index is 10.6. The van der Waals surface area contributed by atoms with Crippen LogP contribution >= 0.6 is 0 Å². The van der Waals surface area contributed by atoms with Crippen molar-refractivity contribution in [2.75, 3.05) is 0 Å². The number of furan rings is 1. The van der Waals surface area contributed by atoms with Crippen molar-refractivity contribution in [2.45, 2.75) is 46.0 Å². The zero-order chi connectivity index (χ0) is 10.4. The van der Waals surface area contributed by atoms with Crippen molar-refractivity contribution in [1.29, 1.82) is 0 Å². The molecule has 2 nitrogen and oxygen atoms in total. The molecule has 0 aliphatic rings. The van der Waals surface area contributed by atoms with Gasteiger partial charge in [0, 0.05) is 5.56 Å². The summed E-state index contributed by atoms with van der Waals surface area (Å²) < 4.78 is 5.25. The average Bonchev–Trinajstić information content (AvgIpc) is 2.54. The fourth-order valence-corrected chi connectivity index (χ4v) is 1.62. The molecular formula is C12H18O2. The smallest absolute Gasteiger partial charge is 0.185 e. The van der Waals surface area contributed by atoms with Crippen LogP contribution in [0.2, 0.25) is 0 Å². The maximum Gasteiger partial charge on any atom is 0.185 e. The van der Waals surface area contributed by atoms with Gasteiger partial charge in [-0.1, -0.05) is 26.2 Å². The Morgan fingerprint density at radius 2 is 2.14 bits per heavy atom. The van der Waals surface area contributed by atoms with Crippen molar-refractivity contribution < 1.29 is 9.21 Å². The minimum atomic E-state index is 0.513. The number of carbonyl (C=O) groups excluding carboxylic acids is 1. The quantitative estimate of drug-likeness (QED) is 0.512. The van der Waals surface area contributed by atoms with Crippen LogP contribution in [-0.4, -0.2) is 6.29 Å². The van der Waals surface area contributed by atoms with Gasteiger partial charge >= 0.3 is 0 Å². The number of hydrogen-bond acceptors (Lipinski definition) is 2. The lowest BCUT2D eigenvalue weighted by atomic mass is 10.1. The predicted octanol–water partition coefficient (Wildman–Crippen LogP) is 3.52. The Morgan fingerprint density at radius 3 is 2.79 bits per heavy atom. The van der Waals surface area contributed by atoms with Crippen LogP contribution in [0.1, 0.15) is 54.5 Å². The number of carbonyl (C=O) groups is 1. The summed E-state index contributed by atoms with van der Waals surface area (Å²) in [5.41, 5.74) is 1.06. The minimum Gasteiger partial charge on any atom is -0.458 e. The van der Waals surface area contributed by atoms with Crippen LogP contribution in [0.5, 0.6) is 0 Å². The predicted molar refractivity (Wildman–Crippen MR) is 56.7 cm³/mol. The first kappa shape index (κ1) is 11.0. The summed E-state index contributed by atoms with van der Waals surface area (Å²) in [7, 11) is 0. The summed E-state index contributed by atoms with van der Waals surface area (Å²) in [5, 5.41) is 0. The third-order valence-corrected chi connectivity index (χ3v) is 2.37. The van der Waals surface area contributed by atoms with Crippen molar-refractivity contribution in [3.63, 3.8) is 0 Å². The first-order chi connectivity index (χ1) is 6.77. The largest absolute Gasteiger partial charge is 0.458 e. The summed E-state index contributed by atoms with van der Waals surface area (Å²) in [5.74, 6) is 1.34. The monoisotopic (exact) mass is 194 g/mol. The van der Waals surface area contributed by atoms with Gasteiger partial charge in [0.15, 0.2) is 12.0 Å². The lowest BCUT2D eigenvalue weighted by Gasteiger charge is -1.97. The van der Waals surface area contributed by atoms with Crippen LogP contribution < -0.4 is 0 Å². The molecule has 1 heterocycles. The third-order valence-electron chi connectivity index (χ3n) is 2.37. The van der Waals surface area contributed by atoms with E-state index in [0.29, 0.717) is 5.76 Å². The van der Waals surface area contributed by atoms with Crippen LogP contribution in [0.4, 0.5) is 0 Å². The van der Waals surface area contributed by atoms with Crippen LogP contribution in [0, 0.1) is 6.92 Å². The molecule has 1 aromatic rings. The molecule has 0 bridgehead atoms. The van der Waals surface area contributed by atoms with E-state index in [4.69, 9.17) is 4.42 Å². The SMILES string of the molecule is CCCCCCc1cc(C)oc1C=O.